The highest BCUT2D eigenvalue weighted by atomic mass is 16.5. The van der Waals surface area contributed by atoms with Gasteiger partial charge in [0.2, 0.25) is 5.91 Å². The lowest BCUT2D eigenvalue weighted by Gasteiger charge is -2.10. The second-order valence-electron chi connectivity index (χ2n) is 5.23. The van der Waals surface area contributed by atoms with Gasteiger partial charge in [0.25, 0.3) is 0 Å². The summed E-state index contributed by atoms with van der Waals surface area (Å²) in [6.45, 7) is 0.647. The average molecular weight is 325 g/mol. The van der Waals surface area contributed by atoms with Crippen molar-refractivity contribution in [1.82, 2.24) is 15.3 Å². The minimum atomic E-state index is -0.0923. The van der Waals surface area contributed by atoms with Crippen LogP contribution in [0.5, 0.6) is 11.5 Å². The number of nitrogens with one attached hydrogen (secondary N) is 2. The van der Waals surface area contributed by atoms with Crippen LogP contribution in [0.25, 0.3) is 11.0 Å². The van der Waals surface area contributed by atoms with Crippen LogP contribution in [0.15, 0.2) is 48.5 Å². The van der Waals surface area contributed by atoms with Gasteiger partial charge in [0.15, 0.2) is 11.5 Å². The summed E-state index contributed by atoms with van der Waals surface area (Å²) in [6.07, 6.45) is 0.262. The molecule has 124 valence electrons. The van der Waals surface area contributed by atoms with Gasteiger partial charge in [-0.25, -0.2) is 4.98 Å². The van der Waals surface area contributed by atoms with E-state index in [0.717, 1.165) is 16.9 Å². The van der Waals surface area contributed by atoms with Crippen molar-refractivity contribution in [2.24, 2.45) is 0 Å². The number of aromatic amines is 1. The minimum Gasteiger partial charge on any atom is -0.493 e. The van der Waals surface area contributed by atoms with E-state index in [9.17, 15) is 4.79 Å². The SMILES string of the molecule is COc1ccccc1OCCC(=O)NCc1nc2ccccc2[nH]1. The number of rotatable bonds is 7. The van der Waals surface area contributed by atoms with Gasteiger partial charge in [0, 0.05) is 0 Å². The van der Waals surface area contributed by atoms with Gasteiger partial charge in [0.05, 0.1) is 37.7 Å². The summed E-state index contributed by atoms with van der Waals surface area (Å²) in [4.78, 5) is 19.5. The Hall–Kier alpha value is -3.02. The number of carbonyl (C=O) groups excluding carboxylic acids is 1. The number of methoxy groups -OCH3 is 1. The van der Waals surface area contributed by atoms with E-state index in [-0.39, 0.29) is 18.9 Å². The van der Waals surface area contributed by atoms with Crippen molar-refractivity contribution in [2.45, 2.75) is 13.0 Å². The van der Waals surface area contributed by atoms with E-state index in [1.807, 2.05) is 48.5 Å². The van der Waals surface area contributed by atoms with Crippen LogP contribution in [-0.4, -0.2) is 29.6 Å². The molecule has 0 saturated carbocycles. The Morgan fingerprint density at radius 2 is 1.88 bits per heavy atom. The number of hydrogen-bond donors (Lipinski definition) is 2. The first-order valence-electron chi connectivity index (χ1n) is 7.72. The molecule has 0 atom stereocenters. The van der Waals surface area contributed by atoms with Crippen molar-refractivity contribution in [3.63, 3.8) is 0 Å². The predicted octanol–water partition coefficient (Wildman–Crippen LogP) is 2.66. The molecule has 2 aromatic carbocycles. The first kappa shape index (κ1) is 15.9. The second kappa shape index (κ2) is 7.50. The van der Waals surface area contributed by atoms with Crippen LogP contribution in [0.1, 0.15) is 12.2 Å². The number of amides is 1. The summed E-state index contributed by atoms with van der Waals surface area (Å²) >= 11 is 0. The maximum Gasteiger partial charge on any atom is 0.223 e. The summed E-state index contributed by atoms with van der Waals surface area (Å²) in [7, 11) is 1.59. The lowest BCUT2D eigenvalue weighted by atomic mass is 10.3. The molecule has 0 aliphatic carbocycles. The van der Waals surface area contributed by atoms with Gasteiger partial charge in [-0.1, -0.05) is 24.3 Å². The standard InChI is InChI=1S/C18H19N3O3/c1-23-15-8-4-5-9-16(15)24-11-10-18(22)19-12-17-20-13-6-2-3-7-14(13)21-17/h2-9H,10-12H2,1H3,(H,19,22)(H,20,21). The van der Waals surface area contributed by atoms with E-state index in [2.05, 4.69) is 15.3 Å². The number of fused-ring (bicyclic) bond motifs is 1. The fraction of sp³-hybridized carbons (Fsp3) is 0.222. The smallest absolute Gasteiger partial charge is 0.223 e. The third-order valence-corrected chi connectivity index (χ3v) is 3.55. The molecule has 6 nitrogen and oxygen atoms in total. The van der Waals surface area contributed by atoms with Gasteiger partial charge in [-0.15, -0.1) is 0 Å². The summed E-state index contributed by atoms with van der Waals surface area (Å²) in [5.74, 6) is 1.92. The number of hydrogen-bond acceptors (Lipinski definition) is 4. The van der Waals surface area contributed by atoms with Crippen molar-refractivity contribution in [2.75, 3.05) is 13.7 Å². The molecule has 0 fully saturated rings. The van der Waals surface area contributed by atoms with Crippen LogP contribution in [0.2, 0.25) is 0 Å². The molecular formula is C18H19N3O3. The third kappa shape index (κ3) is 3.84. The van der Waals surface area contributed by atoms with Crippen molar-refractivity contribution >= 4 is 16.9 Å². The fourth-order valence-electron chi connectivity index (χ4n) is 2.35. The molecule has 0 aliphatic rings. The molecule has 0 unspecified atom stereocenters. The van der Waals surface area contributed by atoms with Crippen LogP contribution in [0.4, 0.5) is 0 Å². The zero-order valence-corrected chi connectivity index (χ0v) is 13.4. The summed E-state index contributed by atoms with van der Waals surface area (Å²) in [5, 5.41) is 2.83. The zero-order valence-electron chi connectivity index (χ0n) is 13.4. The Morgan fingerprint density at radius 3 is 2.67 bits per heavy atom. The number of aromatic nitrogens is 2. The van der Waals surface area contributed by atoms with E-state index in [1.165, 1.54) is 0 Å². The van der Waals surface area contributed by atoms with Gasteiger partial charge >= 0.3 is 0 Å². The number of benzene rings is 2. The van der Waals surface area contributed by atoms with Crippen LogP contribution in [0.3, 0.4) is 0 Å². The number of carbonyl (C=O) groups is 1. The Morgan fingerprint density at radius 1 is 1.12 bits per heavy atom. The summed E-state index contributed by atoms with van der Waals surface area (Å²) in [6, 6.07) is 15.1. The van der Waals surface area contributed by atoms with Gasteiger partial charge < -0.3 is 19.8 Å². The van der Waals surface area contributed by atoms with Gasteiger partial charge in [-0.3, -0.25) is 4.79 Å². The largest absolute Gasteiger partial charge is 0.493 e. The van der Waals surface area contributed by atoms with Crippen LogP contribution in [0, 0.1) is 0 Å². The Labute approximate surface area is 139 Å². The lowest BCUT2D eigenvalue weighted by molar-refractivity contribution is -0.121. The van der Waals surface area contributed by atoms with Gasteiger partial charge in [-0.05, 0) is 24.3 Å². The number of ether oxygens (including phenoxy) is 2. The Kier molecular flexibility index (Phi) is 4.96. The first-order chi connectivity index (χ1) is 11.8. The van der Waals surface area contributed by atoms with Crippen molar-refractivity contribution < 1.29 is 14.3 Å². The molecule has 3 rings (SSSR count). The minimum absolute atomic E-state index is 0.0923. The molecule has 0 bridgehead atoms. The highest BCUT2D eigenvalue weighted by Crippen LogP contribution is 2.25. The first-order valence-corrected chi connectivity index (χ1v) is 7.72. The highest BCUT2D eigenvalue weighted by molar-refractivity contribution is 5.77. The van der Waals surface area contributed by atoms with Crippen LogP contribution < -0.4 is 14.8 Å². The molecule has 0 spiro atoms. The number of imidazole rings is 1. The maximum atomic E-state index is 11.9. The van der Waals surface area contributed by atoms with E-state index in [1.54, 1.807) is 7.11 Å². The van der Waals surface area contributed by atoms with E-state index < -0.39 is 0 Å². The summed E-state index contributed by atoms with van der Waals surface area (Å²) < 4.78 is 10.8. The number of H-pyrrole nitrogens is 1. The van der Waals surface area contributed by atoms with E-state index in [0.29, 0.717) is 18.0 Å². The Bertz CT molecular complexity index is 796. The van der Waals surface area contributed by atoms with Crippen molar-refractivity contribution in [1.29, 1.82) is 0 Å². The van der Waals surface area contributed by atoms with Crippen LogP contribution in [-0.2, 0) is 11.3 Å². The fourth-order valence-corrected chi connectivity index (χ4v) is 2.35. The molecule has 24 heavy (non-hydrogen) atoms. The molecule has 0 saturated heterocycles. The maximum absolute atomic E-state index is 11.9. The molecule has 0 aliphatic heterocycles. The van der Waals surface area contributed by atoms with Gasteiger partial charge in [-0.2, -0.15) is 0 Å². The molecule has 2 N–H and O–H groups in total. The highest BCUT2D eigenvalue weighted by Gasteiger charge is 2.07. The summed E-state index contributed by atoms with van der Waals surface area (Å²) in [5.41, 5.74) is 1.85. The monoisotopic (exact) mass is 325 g/mol. The molecule has 3 aromatic rings. The van der Waals surface area contributed by atoms with E-state index in [4.69, 9.17) is 9.47 Å². The molecule has 6 heteroatoms. The average Bonchev–Trinajstić information content (AvgIpc) is 3.03. The number of nitrogens with zero attached hydrogens (tertiary/aromatic N) is 1. The van der Waals surface area contributed by atoms with Crippen molar-refractivity contribution in [3.05, 3.63) is 54.4 Å². The van der Waals surface area contributed by atoms with Gasteiger partial charge in [0.1, 0.15) is 5.82 Å². The normalized spacial score (nSPS) is 10.5. The van der Waals surface area contributed by atoms with E-state index >= 15 is 0 Å². The molecule has 1 heterocycles. The number of para-hydroxylation sites is 4. The topological polar surface area (TPSA) is 76.2 Å². The molecular weight excluding hydrogens is 306 g/mol. The third-order valence-electron chi connectivity index (χ3n) is 3.55. The van der Waals surface area contributed by atoms with Crippen LogP contribution >= 0.6 is 0 Å². The zero-order chi connectivity index (χ0) is 16.8. The molecule has 1 amide bonds. The quantitative estimate of drug-likeness (QED) is 0.700. The Balaban J connectivity index is 1.46. The lowest BCUT2D eigenvalue weighted by Crippen LogP contribution is -2.25. The molecule has 0 radical (unpaired) electrons. The molecule has 1 aromatic heterocycles. The van der Waals surface area contributed by atoms with Crippen molar-refractivity contribution in [3.8, 4) is 11.5 Å². The second-order valence-corrected chi connectivity index (χ2v) is 5.23. The predicted molar refractivity (Wildman–Crippen MR) is 91.0 cm³/mol.